The second kappa shape index (κ2) is 8.38. The van der Waals surface area contributed by atoms with Gasteiger partial charge in [-0.3, -0.25) is 4.79 Å². The van der Waals surface area contributed by atoms with E-state index in [4.69, 9.17) is 14.6 Å². The molecule has 6 nitrogen and oxygen atoms in total. The Kier molecular flexibility index (Phi) is 6.22. The normalized spacial score (nSPS) is 10.3. The summed E-state index contributed by atoms with van der Waals surface area (Å²) in [6.45, 7) is 5.49. The molecule has 0 unspecified atom stereocenters. The molecule has 2 rings (SSSR count). The molecule has 0 aliphatic rings. The first-order valence-corrected chi connectivity index (χ1v) is 8.19. The highest BCUT2D eigenvalue weighted by molar-refractivity contribution is 5.94. The Labute approximate surface area is 152 Å². The fourth-order valence-corrected chi connectivity index (χ4v) is 2.70. The molecule has 2 N–H and O–H groups in total. The minimum atomic E-state index is -1.04. The third kappa shape index (κ3) is 4.75. The summed E-state index contributed by atoms with van der Waals surface area (Å²) in [5.41, 5.74) is 3.91. The fourth-order valence-electron chi connectivity index (χ4n) is 2.70. The molecule has 2 aromatic carbocycles. The number of ether oxygens (including phenoxy) is 2. The third-order valence-electron chi connectivity index (χ3n) is 3.99. The average Bonchev–Trinajstić information content (AvgIpc) is 2.59. The molecule has 138 valence electrons. The molecule has 0 saturated carbocycles. The van der Waals surface area contributed by atoms with Crippen molar-refractivity contribution in [2.75, 3.05) is 13.7 Å². The van der Waals surface area contributed by atoms with E-state index in [1.165, 1.54) is 0 Å². The van der Waals surface area contributed by atoms with E-state index in [-0.39, 0.29) is 5.91 Å². The molecular formula is C20H23NO5. The molecule has 2 aromatic rings. The van der Waals surface area contributed by atoms with Gasteiger partial charge in [-0.2, -0.15) is 0 Å². The number of rotatable bonds is 7. The number of benzene rings is 2. The summed E-state index contributed by atoms with van der Waals surface area (Å²) in [7, 11) is 1.62. The van der Waals surface area contributed by atoms with Crippen molar-refractivity contribution in [1.29, 1.82) is 0 Å². The van der Waals surface area contributed by atoms with Crippen molar-refractivity contribution in [3.05, 3.63) is 58.1 Å². The summed E-state index contributed by atoms with van der Waals surface area (Å²) in [4.78, 5) is 23.1. The van der Waals surface area contributed by atoms with Crippen molar-refractivity contribution in [3.8, 4) is 11.5 Å². The fraction of sp³-hybridized carbons (Fsp3) is 0.300. The zero-order valence-electron chi connectivity index (χ0n) is 15.4. The Hall–Kier alpha value is -3.02. The first-order chi connectivity index (χ1) is 12.3. The summed E-state index contributed by atoms with van der Waals surface area (Å²) in [5.74, 6) is 0.0234. The number of aryl methyl sites for hydroxylation is 3. The third-order valence-corrected chi connectivity index (χ3v) is 3.99. The van der Waals surface area contributed by atoms with Crippen LogP contribution in [-0.4, -0.2) is 30.7 Å². The van der Waals surface area contributed by atoms with Crippen LogP contribution in [0.25, 0.3) is 0 Å². The van der Waals surface area contributed by atoms with Crippen LogP contribution in [0, 0.1) is 20.8 Å². The van der Waals surface area contributed by atoms with Gasteiger partial charge in [0.2, 0.25) is 0 Å². The van der Waals surface area contributed by atoms with Gasteiger partial charge in [0.15, 0.2) is 6.61 Å². The average molecular weight is 357 g/mol. The number of carboxylic acid groups (broad SMARTS) is 1. The number of methoxy groups -OCH3 is 1. The van der Waals surface area contributed by atoms with Gasteiger partial charge in [-0.05, 0) is 61.2 Å². The molecule has 6 heteroatoms. The SMILES string of the molecule is COc1cc(CNC(=O)c2cc(C)c(OCC(=O)O)c(C)c2)ccc1C. The summed E-state index contributed by atoms with van der Waals surface area (Å²) in [5, 5.41) is 11.6. The molecule has 0 saturated heterocycles. The highest BCUT2D eigenvalue weighted by atomic mass is 16.5. The van der Waals surface area contributed by atoms with Crippen molar-refractivity contribution >= 4 is 11.9 Å². The summed E-state index contributed by atoms with van der Waals surface area (Å²) >= 11 is 0. The quantitative estimate of drug-likeness (QED) is 0.796. The number of nitrogens with one attached hydrogen (secondary N) is 1. The Balaban J connectivity index is 2.09. The zero-order valence-corrected chi connectivity index (χ0v) is 15.4. The van der Waals surface area contributed by atoms with E-state index >= 15 is 0 Å². The van der Waals surface area contributed by atoms with Gasteiger partial charge >= 0.3 is 5.97 Å². The number of aliphatic carboxylic acids is 1. The van der Waals surface area contributed by atoms with Crippen LogP contribution in [0.4, 0.5) is 0 Å². The Morgan fingerprint density at radius 3 is 2.27 bits per heavy atom. The minimum absolute atomic E-state index is 0.208. The van der Waals surface area contributed by atoms with Crippen molar-refractivity contribution in [2.24, 2.45) is 0 Å². The van der Waals surface area contributed by atoms with Crippen molar-refractivity contribution in [1.82, 2.24) is 5.32 Å². The van der Waals surface area contributed by atoms with E-state index in [1.54, 1.807) is 33.1 Å². The lowest BCUT2D eigenvalue weighted by Crippen LogP contribution is -2.23. The van der Waals surface area contributed by atoms with Gasteiger partial charge < -0.3 is 19.9 Å². The Morgan fingerprint density at radius 2 is 1.69 bits per heavy atom. The maximum atomic E-state index is 12.4. The molecule has 0 fully saturated rings. The largest absolute Gasteiger partial charge is 0.496 e. The molecule has 0 bridgehead atoms. The predicted octanol–water partition coefficient (Wildman–Crippen LogP) is 3.01. The number of hydrogen-bond donors (Lipinski definition) is 2. The molecular weight excluding hydrogens is 334 g/mol. The van der Waals surface area contributed by atoms with Gasteiger partial charge in [0, 0.05) is 12.1 Å². The highest BCUT2D eigenvalue weighted by Crippen LogP contribution is 2.25. The second-order valence-electron chi connectivity index (χ2n) is 6.11. The van der Waals surface area contributed by atoms with Gasteiger partial charge in [0.1, 0.15) is 11.5 Å². The van der Waals surface area contributed by atoms with Crippen LogP contribution in [0.2, 0.25) is 0 Å². The monoisotopic (exact) mass is 357 g/mol. The van der Waals surface area contributed by atoms with Crippen LogP contribution in [0.3, 0.4) is 0 Å². The van der Waals surface area contributed by atoms with Crippen LogP contribution in [0.5, 0.6) is 11.5 Å². The van der Waals surface area contributed by atoms with E-state index in [2.05, 4.69) is 5.32 Å². The van der Waals surface area contributed by atoms with Crippen LogP contribution in [-0.2, 0) is 11.3 Å². The lowest BCUT2D eigenvalue weighted by Gasteiger charge is -2.13. The Morgan fingerprint density at radius 1 is 1.04 bits per heavy atom. The molecule has 1 amide bonds. The van der Waals surface area contributed by atoms with Crippen LogP contribution in [0.15, 0.2) is 30.3 Å². The van der Waals surface area contributed by atoms with Crippen molar-refractivity contribution in [3.63, 3.8) is 0 Å². The first kappa shape index (κ1) is 19.3. The van der Waals surface area contributed by atoms with E-state index in [9.17, 15) is 9.59 Å². The summed E-state index contributed by atoms with van der Waals surface area (Å²) in [6.07, 6.45) is 0. The highest BCUT2D eigenvalue weighted by Gasteiger charge is 2.13. The maximum absolute atomic E-state index is 12.4. The summed E-state index contributed by atoms with van der Waals surface area (Å²) < 4.78 is 10.6. The van der Waals surface area contributed by atoms with Crippen LogP contribution >= 0.6 is 0 Å². The number of carboxylic acids is 1. The molecule has 0 heterocycles. The smallest absolute Gasteiger partial charge is 0.341 e. The van der Waals surface area contributed by atoms with Crippen LogP contribution in [0.1, 0.15) is 32.6 Å². The van der Waals surface area contributed by atoms with Gasteiger partial charge in [0.25, 0.3) is 5.91 Å². The molecule has 0 aliphatic carbocycles. The van der Waals surface area contributed by atoms with E-state index in [0.29, 0.717) is 29.0 Å². The van der Waals surface area contributed by atoms with E-state index in [1.807, 2.05) is 25.1 Å². The zero-order chi connectivity index (χ0) is 19.3. The van der Waals surface area contributed by atoms with Crippen LogP contribution < -0.4 is 14.8 Å². The number of amides is 1. The lowest BCUT2D eigenvalue weighted by molar-refractivity contribution is -0.139. The number of hydrogen-bond acceptors (Lipinski definition) is 4. The van der Waals surface area contributed by atoms with Gasteiger partial charge in [-0.25, -0.2) is 4.79 Å². The van der Waals surface area contributed by atoms with E-state index < -0.39 is 12.6 Å². The number of carbonyl (C=O) groups excluding carboxylic acids is 1. The maximum Gasteiger partial charge on any atom is 0.341 e. The molecule has 0 spiro atoms. The second-order valence-corrected chi connectivity index (χ2v) is 6.11. The topological polar surface area (TPSA) is 84.9 Å². The van der Waals surface area contributed by atoms with E-state index in [0.717, 1.165) is 16.9 Å². The van der Waals surface area contributed by atoms with Crippen molar-refractivity contribution < 1.29 is 24.2 Å². The molecule has 0 aromatic heterocycles. The summed E-state index contributed by atoms with van der Waals surface area (Å²) in [6, 6.07) is 9.17. The predicted molar refractivity (Wildman–Crippen MR) is 97.9 cm³/mol. The standard InChI is InChI=1S/C20H23NO5/c1-12-5-6-15(9-17(12)25-4)10-21-20(24)16-7-13(2)19(14(3)8-16)26-11-18(22)23/h5-9H,10-11H2,1-4H3,(H,21,24)(H,22,23). The lowest BCUT2D eigenvalue weighted by atomic mass is 10.0. The van der Waals surface area contributed by atoms with Gasteiger partial charge in [0.05, 0.1) is 7.11 Å². The van der Waals surface area contributed by atoms with Crippen molar-refractivity contribution in [2.45, 2.75) is 27.3 Å². The van der Waals surface area contributed by atoms with Gasteiger partial charge in [-0.15, -0.1) is 0 Å². The Bertz CT molecular complexity index is 806. The molecule has 26 heavy (non-hydrogen) atoms. The minimum Gasteiger partial charge on any atom is -0.496 e. The molecule has 0 aliphatic heterocycles. The van der Waals surface area contributed by atoms with Gasteiger partial charge in [-0.1, -0.05) is 12.1 Å². The number of carbonyl (C=O) groups is 2. The first-order valence-electron chi connectivity index (χ1n) is 8.19. The molecule has 0 radical (unpaired) electrons. The molecule has 0 atom stereocenters.